The van der Waals surface area contributed by atoms with Gasteiger partial charge in [0.15, 0.2) is 0 Å². The average Bonchev–Trinajstić information content (AvgIpc) is 3.09. The molecule has 2 N–H and O–H groups in total. The number of rotatable bonds is 6. The molecule has 1 fully saturated rings. The van der Waals surface area contributed by atoms with Gasteiger partial charge in [0.1, 0.15) is 5.82 Å². The summed E-state index contributed by atoms with van der Waals surface area (Å²) in [5.74, 6) is 1.42. The number of aryl methyl sites for hydroxylation is 1. The van der Waals surface area contributed by atoms with Crippen molar-refractivity contribution in [3.05, 3.63) is 18.2 Å². The summed E-state index contributed by atoms with van der Waals surface area (Å²) in [5, 5.41) is 0. The molecule has 1 aliphatic rings. The van der Waals surface area contributed by atoms with E-state index >= 15 is 0 Å². The molecule has 0 saturated heterocycles. The lowest BCUT2D eigenvalue weighted by atomic mass is 10.0. The molecule has 0 bridgehead atoms. The Bertz CT molecular complexity index is 436. The number of amides is 1. The minimum Gasteiger partial charge on any atom is -0.337 e. The predicted octanol–water partition coefficient (Wildman–Crippen LogP) is 1.28. The van der Waals surface area contributed by atoms with Gasteiger partial charge in [0, 0.05) is 25.5 Å². The van der Waals surface area contributed by atoms with E-state index in [0.29, 0.717) is 18.5 Å². The van der Waals surface area contributed by atoms with E-state index in [4.69, 9.17) is 5.73 Å². The molecule has 5 heteroatoms. The van der Waals surface area contributed by atoms with Gasteiger partial charge in [-0.15, -0.1) is 0 Å². The third kappa shape index (κ3) is 3.56. The number of carbonyl (C=O) groups is 1. The standard InChI is InChI=1S/C14H24N4O/c1-10(2)8-12(15)14(19)18(11-4-5-11)9-13-16-6-7-17(13)3/h6-7,10-12H,4-5,8-9,15H2,1-3H3. The second-order valence-electron chi connectivity index (χ2n) is 5.89. The third-order valence-electron chi connectivity index (χ3n) is 3.55. The van der Waals surface area contributed by atoms with E-state index in [1.54, 1.807) is 6.20 Å². The van der Waals surface area contributed by atoms with Crippen LogP contribution in [0.3, 0.4) is 0 Å². The summed E-state index contributed by atoms with van der Waals surface area (Å²) < 4.78 is 1.95. The molecule has 1 aromatic heterocycles. The first kappa shape index (κ1) is 14.1. The van der Waals surface area contributed by atoms with E-state index in [0.717, 1.165) is 25.1 Å². The Hall–Kier alpha value is -1.36. The molecule has 1 heterocycles. The normalized spacial score (nSPS) is 16.7. The molecule has 0 spiro atoms. The first-order valence-corrected chi connectivity index (χ1v) is 7.01. The zero-order valence-electron chi connectivity index (χ0n) is 12.0. The Balaban J connectivity index is 2.03. The molecule has 19 heavy (non-hydrogen) atoms. The zero-order valence-corrected chi connectivity index (χ0v) is 12.0. The average molecular weight is 264 g/mol. The van der Waals surface area contributed by atoms with Crippen LogP contribution in [0.5, 0.6) is 0 Å². The van der Waals surface area contributed by atoms with Gasteiger partial charge in [-0.3, -0.25) is 4.79 Å². The van der Waals surface area contributed by atoms with Gasteiger partial charge in [-0.25, -0.2) is 4.98 Å². The van der Waals surface area contributed by atoms with Crippen molar-refractivity contribution in [2.45, 2.75) is 51.7 Å². The Labute approximate surface area is 114 Å². The summed E-state index contributed by atoms with van der Waals surface area (Å²) in [7, 11) is 1.95. The van der Waals surface area contributed by atoms with Crippen LogP contribution >= 0.6 is 0 Å². The molecule has 5 nitrogen and oxygen atoms in total. The molecule has 0 aliphatic heterocycles. The second kappa shape index (κ2) is 5.74. The molecule has 1 unspecified atom stereocenters. The first-order valence-electron chi connectivity index (χ1n) is 7.01. The van der Waals surface area contributed by atoms with Crippen molar-refractivity contribution in [3.63, 3.8) is 0 Å². The van der Waals surface area contributed by atoms with Crippen molar-refractivity contribution in [1.29, 1.82) is 0 Å². The molecular weight excluding hydrogens is 240 g/mol. The minimum absolute atomic E-state index is 0.0687. The molecule has 1 aliphatic carbocycles. The Morgan fingerprint density at radius 1 is 1.58 bits per heavy atom. The highest BCUT2D eigenvalue weighted by atomic mass is 16.2. The Kier molecular flexibility index (Phi) is 4.24. The van der Waals surface area contributed by atoms with Crippen LogP contribution in [0.15, 0.2) is 12.4 Å². The van der Waals surface area contributed by atoms with Gasteiger partial charge < -0.3 is 15.2 Å². The number of carbonyl (C=O) groups excluding carboxylic acids is 1. The molecule has 1 amide bonds. The van der Waals surface area contributed by atoms with Gasteiger partial charge in [0.2, 0.25) is 5.91 Å². The summed E-state index contributed by atoms with van der Waals surface area (Å²) >= 11 is 0. The van der Waals surface area contributed by atoms with Crippen LogP contribution in [-0.2, 0) is 18.4 Å². The fourth-order valence-electron chi connectivity index (χ4n) is 2.30. The lowest BCUT2D eigenvalue weighted by Gasteiger charge is -2.26. The van der Waals surface area contributed by atoms with Crippen LogP contribution in [0.2, 0.25) is 0 Å². The van der Waals surface area contributed by atoms with Gasteiger partial charge in [0.05, 0.1) is 12.6 Å². The molecule has 0 radical (unpaired) electrons. The summed E-state index contributed by atoms with van der Waals surface area (Å²) in [5.41, 5.74) is 6.03. The maximum absolute atomic E-state index is 12.5. The van der Waals surface area contributed by atoms with Crippen molar-refractivity contribution in [2.24, 2.45) is 18.7 Å². The Morgan fingerprint density at radius 2 is 2.26 bits per heavy atom. The summed E-state index contributed by atoms with van der Waals surface area (Å²) in [6, 6.07) is -0.0247. The Morgan fingerprint density at radius 3 is 2.74 bits per heavy atom. The van der Waals surface area contributed by atoms with Gasteiger partial charge in [0.25, 0.3) is 0 Å². The quantitative estimate of drug-likeness (QED) is 0.842. The monoisotopic (exact) mass is 264 g/mol. The third-order valence-corrected chi connectivity index (χ3v) is 3.55. The highest BCUT2D eigenvalue weighted by Crippen LogP contribution is 2.29. The number of hydrogen-bond donors (Lipinski definition) is 1. The van der Waals surface area contributed by atoms with Crippen LogP contribution in [-0.4, -0.2) is 32.4 Å². The van der Waals surface area contributed by atoms with E-state index in [1.807, 2.05) is 22.7 Å². The summed E-state index contributed by atoms with van der Waals surface area (Å²) in [6.07, 6.45) is 6.58. The lowest BCUT2D eigenvalue weighted by Crippen LogP contribution is -2.45. The SMILES string of the molecule is CC(C)CC(N)C(=O)N(Cc1nccn1C)C1CC1. The van der Waals surface area contributed by atoms with Crippen molar-refractivity contribution >= 4 is 5.91 Å². The molecular formula is C14H24N4O. The van der Waals surface area contributed by atoms with Gasteiger partial charge in [-0.1, -0.05) is 13.8 Å². The minimum atomic E-state index is -0.388. The molecule has 1 aromatic rings. The highest BCUT2D eigenvalue weighted by molar-refractivity contribution is 5.82. The largest absolute Gasteiger partial charge is 0.337 e. The zero-order chi connectivity index (χ0) is 14.0. The fraction of sp³-hybridized carbons (Fsp3) is 0.714. The van der Waals surface area contributed by atoms with Crippen LogP contribution in [0.1, 0.15) is 38.9 Å². The number of nitrogens with zero attached hydrogens (tertiary/aromatic N) is 3. The van der Waals surface area contributed by atoms with E-state index in [9.17, 15) is 4.79 Å². The van der Waals surface area contributed by atoms with E-state index < -0.39 is 0 Å². The number of nitrogens with two attached hydrogens (primary N) is 1. The highest BCUT2D eigenvalue weighted by Gasteiger charge is 2.35. The van der Waals surface area contributed by atoms with E-state index in [1.165, 1.54) is 0 Å². The van der Waals surface area contributed by atoms with Gasteiger partial charge >= 0.3 is 0 Å². The van der Waals surface area contributed by atoms with Crippen LogP contribution in [0, 0.1) is 5.92 Å². The van der Waals surface area contributed by atoms with Gasteiger partial charge in [-0.2, -0.15) is 0 Å². The van der Waals surface area contributed by atoms with Crippen molar-refractivity contribution in [2.75, 3.05) is 0 Å². The number of aromatic nitrogens is 2. The molecule has 0 aromatic carbocycles. The van der Waals surface area contributed by atoms with Crippen LogP contribution in [0.4, 0.5) is 0 Å². The fourth-order valence-corrected chi connectivity index (χ4v) is 2.30. The van der Waals surface area contributed by atoms with E-state index in [-0.39, 0.29) is 11.9 Å². The van der Waals surface area contributed by atoms with Crippen molar-refractivity contribution < 1.29 is 4.79 Å². The topological polar surface area (TPSA) is 64.2 Å². The maximum Gasteiger partial charge on any atom is 0.240 e. The van der Waals surface area contributed by atoms with Crippen molar-refractivity contribution in [3.8, 4) is 0 Å². The van der Waals surface area contributed by atoms with Crippen molar-refractivity contribution in [1.82, 2.24) is 14.5 Å². The smallest absolute Gasteiger partial charge is 0.240 e. The van der Waals surface area contributed by atoms with Crippen LogP contribution < -0.4 is 5.73 Å². The predicted molar refractivity (Wildman–Crippen MR) is 74.2 cm³/mol. The molecule has 2 rings (SSSR count). The summed E-state index contributed by atoms with van der Waals surface area (Å²) in [6.45, 7) is 4.75. The number of imidazole rings is 1. The first-order chi connectivity index (χ1) is 8.99. The number of hydrogen-bond acceptors (Lipinski definition) is 3. The molecule has 106 valence electrons. The van der Waals surface area contributed by atoms with E-state index in [2.05, 4.69) is 18.8 Å². The molecule has 1 saturated carbocycles. The maximum atomic E-state index is 12.5. The lowest BCUT2D eigenvalue weighted by molar-refractivity contribution is -0.134. The second-order valence-corrected chi connectivity index (χ2v) is 5.89. The summed E-state index contributed by atoms with van der Waals surface area (Å²) in [4.78, 5) is 18.7. The molecule has 1 atom stereocenters. The van der Waals surface area contributed by atoms with Crippen LogP contribution in [0.25, 0.3) is 0 Å². The van der Waals surface area contributed by atoms with Gasteiger partial charge in [-0.05, 0) is 25.2 Å².